The van der Waals surface area contributed by atoms with Crippen LogP contribution in [0.2, 0.25) is 0 Å². The van der Waals surface area contributed by atoms with Gasteiger partial charge in [0.2, 0.25) is 0 Å². The Balaban J connectivity index is 1.68. The van der Waals surface area contributed by atoms with E-state index in [1.165, 1.54) is 19.3 Å². The Morgan fingerprint density at radius 1 is 1.05 bits per heavy atom. The summed E-state index contributed by atoms with van der Waals surface area (Å²) in [5, 5.41) is 4.36. The SMILES string of the molecule is COc1ccc(-n2cc(OC3CCCCC3)cn2)cc1. The molecule has 1 aromatic carbocycles. The second-order valence-corrected chi connectivity index (χ2v) is 5.20. The van der Waals surface area contributed by atoms with E-state index in [1.807, 2.05) is 35.1 Å². The fraction of sp³-hybridized carbons (Fsp3) is 0.438. The molecule has 106 valence electrons. The summed E-state index contributed by atoms with van der Waals surface area (Å²) in [7, 11) is 1.67. The average Bonchev–Trinajstić information content (AvgIpc) is 2.97. The first-order chi connectivity index (χ1) is 9.85. The van der Waals surface area contributed by atoms with Gasteiger partial charge in [-0.2, -0.15) is 5.10 Å². The fourth-order valence-corrected chi connectivity index (χ4v) is 2.62. The zero-order chi connectivity index (χ0) is 13.8. The second kappa shape index (κ2) is 5.99. The number of benzene rings is 1. The van der Waals surface area contributed by atoms with Gasteiger partial charge in [-0.3, -0.25) is 0 Å². The minimum absolute atomic E-state index is 0.359. The van der Waals surface area contributed by atoms with Gasteiger partial charge in [-0.25, -0.2) is 4.68 Å². The summed E-state index contributed by atoms with van der Waals surface area (Å²) in [6.07, 6.45) is 10.3. The van der Waals surface area contributed by atoms with Gasteiger partial charge in [0.25, 0.3) is 0 Å². The van der Waals surface area contributed by atoms with Crippen molar-refractivity contribution in [1.29, 1.82) is 0 Å². The lowest BCUT2D eigenvalue weighted by Gasteiger charge is -2.21. The van der Waals surface area contributed by atoms with Crippen molar-refractivity contribution >= 4 is 0 Å². The maximum atomic E-state index is 5.99. The van der Waals surface area contributed by atoms with Gasteiger partial charge in [-0.1, -0.05) is 6.42 Å². The Kier molecular flexibility index (Phi) is 3.90. The van der Waals surface area contributed by atoms with Gasteiger partial charge in [0.1, 0.15) is 5.75 Å². The van der Waals surface area contributed by atoms with Gasteiger partial charge < -0.3 is 9.47 Å². The molecule has 4 heteroatoms. The molecule has 1 saturated carbocycles. The van der Waals surface area contributed by atoms with E-state index in [0.29, 0.717) is 6.10 Å². The molecule has 1 aromatic heterocycles. The maximum Gasteiger partial charge on any atom is 0.158 e. The lowest BCUT2D eigenvalue weighted by molar-refractivity contribution is 0.155. The van der Waals surface area contributed by atoms with Gasteiger partial charge in [-0.05, 0) is 49.9 Å². The van der Waals surface area contributed by atoms with Gasteiger partial charge in [0.15, 0.2) is 5.75 Å². The Morgan fingerprint density at radius 3 is 2.50 bits per heavy atom. The first-order valence-corrected chi connectivity index (χ1v) is 7.21. The van der Waals surface area contributed by atoms with E-state index in [2.05, 4.69) is 5.10 Å². The normalized spacial score (nSPS) is 16.1. The number of aromatic nitrogens is 2. The Morgan fingerprint density at radius 2 is 1.80 bits per heavy atom. The fourth-order valence-electron chi connectivity index (χ4n) is 2.62. The number of hydrogen-bond donors (Lipinski definition) is 0. The average molecular weight is 272 g/mol. The third-order valence-electron chi connectivity index (χ3n) is 3.75. The molecule has 1 fully saturated rings. The van der Waals surface area contributed by atoms with Gasteiger partial charge in [0.05, 0.1) is 31.3 Å². The van der Waals surface area contributed by atoms with Crippen LogP contribution in [0.25, 0.3) is 5.69 Å². The highest BCUT2D eigenvalue weighted by Crippen LogP contribution is 2.24. The Hall–Kier alpha value is -1.97. The van der Waals surface area contributed by atoms with Crippen LogP contribution >= 0.6 is 0 Å². The third-order valence-corrected chi connectivity index (χ3v) is 3.75. The molecule has 0 unspecified atom stereocenters. The quantitative estimate of drug-likeness (QED) is 0.853. The number of hydrogen-bond acceptors (Lipinski definition) is 3. The largest absolute Gasteiger partial charge is 0.497 e. The molecular weight excluding hydrogens is 252 g/mol. The van der Waals surface area contributed by atoms with Crippen LogP contribution in [-0.2, 0) is 0 Å². The summed E-state index contributed by atoms with van der Waals surface area (Å²) in [4.78, 5) is 0. The van der Waals surface area contributed by atoms with Crippen molar-refractivity contribution in [1.82, 2.24) is 9.78 Å². The first-order valence-electron chi connectivity index (χ1n) is 7.21. The zero-order valence-corrected chi connectivity index (χ0v) is 11.8. The molecular formula is C16H20N2O2. The topological polar surface area (TPSA) is 36.3 Å². The lowest BCUT2D eigenvalue weighted by Crippen LogP contribution is -2.19. The summed E-state index contributed by atoms with van der Waals surface area (Å²) in [6.45, 7) is 0. The van der Waals surface area contributed by atoms with Crippen LogP contribution in [0.3, 0.4) is 0 Å². The van der Waals surface area contributed by atoms with Crippen LogP contribution < -0.4 is 9.47 Å². The maximum absolute atomic E-state index is 5.99. The van der Waals surface area contributed by atoms with E-state index in [-0.39, 0.29) is 0 Å². The molecule has 4 nitrogen and oxygen atoms in total. The van der Waals surface area contributed by atoms with Crippen LogP contribution in [0.1, 0.15) is 32.1 Å². The lowest BCUT2D eigenvalue weighted by atomic mass is 9.98. The standard InChI is InChI=1S/C16H20N2O2/c1-19-14-9-7-13(8-10-14)18-12-16(11-17-18)20-15-5-3-2-4-6-15/h7-12,15H,2-6H2,1H3. The van der Waals surface area contributed by atoms with Crippen molar-refractivity contribution in [2.24, 2.45) is 0 Å². The van der Waals surface area contributed by atoms with Gasteiger partial charge in [0, 0.05) is 0 Å². The van der Waals surface area contributed by atoms with Crippen LogP contribution in [0.5, 0.6) is 11.5 Å². The van der Waals surface area contributed by atoms with E-state index >= 15 is 0 Å². The highest BCUT2D eigenvalue weighted by Gasteiger charge is 2.15. The number of rotatable bonds is 4. The number of nitrogens with zero attached hydrogens (tertiary/aromatic N) is 2. The molecule has 0 atom stereocenters. The molecule has 0 spiro atoms. The minimum atomic E-state index is 0.359. The molecule has 2 aromatic rings. The van der Waals surface area contributed by atoms with E-state index in [1.54, 1.807) is 13.3 Å². The van der Waals surface area contributed by atoms with Crippen molar-refractivity contribution in [2.45, 2.75) is 38.2 Å². The Labute approximate surface area is 119 Å². The smallest absolute Gasteiger partial charge is 0.158 e. The first kappa shape index (κ1) is 13.0. The second-order valence-electron chi connectivity index (χ2n) is 5.20. The molecule has 20 heavy (non-hydrogen) atoms. The molecule has 0 saturated heterocycles. The molecule has 0 N–H and O–H groups in total. The van der Waals surface area contributed by atoms with Crippen LogP contribution in [-0.4, -0.2) is 23.0 Å². The molecule has 1 heterocycles. The van der Waals surface area contributed by atoms with E-state index in [0.717, 1.165) is 30.0 Å². The van der Waals surface area contributed by atoms with Crippen LogP contribution in [0, 0.1) is 0 Å². The monoisotopic (exact) mass is 272 g/mol. The van der Waals surface area contributed by atoms with E-state index in [4.69, 9.17) is 9.47 Å². The van der Waals surface area contributed by atoms with Crippen LogP contribution in [0.4, 0.5) is 0 Å². The summed E-state index contributed by atoms with van der Waals surface area (Å²) >= 11 is 0. The molecule has 0 radical (unpaired) electrons. The highest BCUT2D eigenvalue weighted by molar-refractivity contribution is 5.37. The van der Waals surface area contributed by atoms with Gasteiger partial charge >= 0.3 is 0 Å². The van der Waals surface area contributed by atoms with Gasteiger partial charge in [-0.15, -0.1) is 0 Å². The van der Waals surface area contributed by atoms with Crippen molar-refractivity contribution in [3.05, 3.63) is 36.7 Å². The van der Waals surface area contributed by atoms with E-state index < -0.39 is 0 Å². The molecule has 0 aliphatic heterocycles. The Bertz CT molecular complexity index is 542. The van der Waals surface area contributed by atoms with E-state index in [9.17, 15) is 0 Å². The summed E-state index contributed by atoms with van der Waals surface area (Å²) in [6, 6.07) is 7.82. The summed E-state index contributed by atoms with van der Waals surface area (Å²) < 4.78 is 13.0. The summed E-state index contributed by atoms with van der Waals surface area (Å²) in [5.41, 5.74) is 1.00. The molecule has 3 rings (SSSR count). The van der Waals surface area contributed by atoms with Crippen molar-refractivity contribution in [3.63, 3.8) is 0 Å². The zero-order valence-electron chi connectivity index (χ0n) is 11.8. The predicted molar refractivity (Wildman–Crippen MR) is 77.6 cm³/mol. The molecule has 0 amide bonds. The van der Waals surface area contributed by atoms with Crippen molar-refractivity contribution < 1.29 is 9.47 Å². The summed E-state index contributed by atoms with van der Waals surface area (Å²) in [5.74, 6) is 1.70. The minimum Gasteiger partial charge on any atom is -0.497 e. The molecule has 1 aliphatic rings. The van der Waals surface area contributed by atoms with Crippen molar-refractivity contribution in [3.8, 4) is 17.2 Å². The molecule has 0 bridgehead atoms. The van der Waals surface area contributed by atoms with Crippen molar-refractivity contribution in [2.75, 3.05) is 7.11 Å². The number of ether oxygens (including phenoxy) is 2. The predicted octanol–water partition coefficient (Wildman–Crippen LogP) is 3.59. The van der Waals surface area contributed by atoms with Crippen LogP contribution in [0.15, 0.2) is 36.7 Å². The third kappa shape index (κ3) is 2.95. The number of methoxy groups -OCH3 is 1. The highest BCUT2D eigenvalue weighted by atomic mass is 16.5. The molecule has 1 aliphatic carbocycles.